The summed E-state index contributed by atoms with van der Waals surface area (Å²) in [6.45, 7) is 0.140. The first kappa shape index (κ1) is 25.1. The first-order valence-electron chi connectivity index (χ1n) is 12.6. The van der Waals surface area contributed by atoms with Crippen LogP contribution >= 0.6 is 0 Å². The maximum Gasteiger partial charge on any atom is 0.331 e. The molecule has 9 heteroatoms. The minimum atomic E-state index is -0.772. The zero-order valence-electron chi connectivity index (χ0n) is 21.0. The number of imide groups is 3. The van der Waals surface area contributed by atoms with E-state index < -0.39 is 29.7 Å². The molecule has 1 saturated heterocycles. The Bertz CT molecular complexity index is 1390. The predicted octanol–water partition coefficient (Wildman–Crippen LogP) is 3.84. The quantitative estimate of drug-likeness (QED) is 0.261. The van der Waals surface area contributed by atoms with E-state index in [1.165, 1.54) is 18.8 Å². The first-order valence-corrected chi connectivity index (χ1v) is 12.6. The lowest BCUT2D eigenvalue weighted by Crippen LogP contribution is -2.54. The van der Waals surface area contributed by atoms with Gasteiger partial charge < -0.3 is 4.74 Å². The largest absolute Gasteiger partial charge is 0.496 e. The summed E-state index contributed by atoms with van der Waals surface area (Å²) >= 11 is 0. The van der Waals surface area contributed by atoms with Gasteiger partial charge >= 0.3 is 6.03 Å². The third kappa shape index (κ3) is 4.74. The molecule has 0 saturated carbocycles. The highest BCUT2D eigenvalue weighted by molar-refractivity contribution is 6.31. The molecule has 0 radical (unpaired) electrons. The molecule has 0 bridgehead atoms. The van der Waals surface area contributed by atoms with E-state index in [1.54, 1.807) is 42.5 Å². The van der Waals surface area contributed by atoms with Crippen LogP contribution in [0.25, 0.3) is 6.08 Å². The van der Waals surface area contributed by atoms with E-state index >= 15 is 0 Å². The van der Waals surface area contributed by atoms with E-state index in [1.807, 2.05) is 0 Å². The molecule has 0 atom stereocenters. The van der Waals surface area contributed by atoms with E-state index in [0.717, 1.165) is 35.5 Å². The molecule has 6 amide bonds. The second-order valence-corrected chi connectivity index (χ2v) is 9.45. The van der Waals surface area contributed by atoms with Crippen LogP contribution in [0.1, 0.15) is 63.9 Å². The van der Waals surface area contributed by atoms with E-state index in [-0.39, 0.29) is 18.7 Å². The molecule has 2 aliphatic heterocycles. The topological polar surface area (TPSA) is 113 Å². The van der Waals surface area contributed by atoms with E-state index in [4.69, 9.17) is 4.74 Å². The van der Waals surface area contributed by atoms with Gasteiger partial charge in [0.15, 0.2) is 0 Å². The average Bonchev–Trinajstić information content (AvgIpc) is 3.16. The third-order valence-electron chi connectivity index (χ3n) is 7.05. The lowest BCUT2D eigenvalue weighted by Gasteiger charge is -2.27. The molecule has 0 aromatic heterocycles. The highest BCUT2D eigenvalue weighted by atomic mass is 16.5. The number of fused-ring (bicyclic) bond motifs is 1. The minimum absolute atomic E-state index is 0.0492. The number of amides is 6. The van der Waals surface area contributed by atoms with Crippen molar-refractivity contribution in [3.63, 3.8) is 0 Å². The Labute approximate surface area is 219 Å². The Morgan fingerprint density at radius 1 is 0.921 bits per heavy atom. The molecule has 1 fully saturated rings. The van der Waals surface area contributed by atoms with E-state index in [2.05, 4.69) is 11.4 Å². The summed E-state index contributed by atoms with van der Waals surface area (Å²) in [6.07, 6.45) is 8.33. The standard InChI is InChI=1S/C29H27N3O6/c1-38-24-12-11-19(15-20(24)17-32-26(34)21-9-5-6-10-22(21)27(32)35)16-23-25(33)30-29(37)31(28(23)36)14-13-18-7-3-2-4-8-18/h5-7,9-12,15-16H,2-4,8,13-14,17H2,1H3,(H,30,33,37)/b23-16-. The molecule has 2 aromatic rings. The fourth-order valence-electron chi connectivity index (χ4n) is 5.02. The highest BCUT2D eigenvalue weighted by Gasteiger charge is 2.37. The van der Waals surface area contributed by atoms with Gasteiger partial charge in [-0.25, -0.2) is 4.79 Å². The minimum Gasteiger partial charge on any atom is -0.496 e. The molecule has 9 nitrogen and oxygen atoms in total. The normalized spacial score (nSPS) is 18.6. The summed E-state index contributed by atoms with van der Waals surface area (Å²) in [5.74, 6) is -1.79. The van der Waals surface area contributed by atoms with Crippen LogP contribution in [0.15, 0.2) is 59.7 Å². The molecular weight excluding hydrogens is 486 g/mol. The lowest BCUT2D eigenvalue weighted by molar-refractivity contribution is -0.130. The highest BCUT2D eigenvalue weighted by Crippen LogP contribution is 2.29. The SMILES string of the molecule is COc1ccc(/C=C2/C(=O)NC(=O)N(CCC3=CCCCC3)C2=O)cc1CN1C(=O)c2ccccc2C1=O. The number of benzene rings is 2. The van der Waals surface area contributed by atoms with Crippen LogP contribution in [-0.4, -0.2) is 53.1 Å². The molecule has 3 aliphatic rings. The summed E-state index contributed by atoms with van der Waals surface area (Å²) in [5.41, 5.74) is 2.74. The van der Waals surface area contributed by atoms with Gasteiger partial charge in [-0.05, 0) is 68.0 Å². The molecule has 38 heavy (non-hydrogen) atoms. The van der Waals surface area contributed by atoms with Gasteiger partial charge in [-0.1, -0.05) is 29.8 Å². The van der Waals surface area contributed by atoms with Gasteiger partial charge in [0.25, 0.3) is 23.6 Å². The van der Waals surface area contributed by atoms with Crippen molar-refractivity contribution in [1.29, 1.82) is 0 Å². The smallest absolute Gasteiger partial charge is 0.331 e. The van der Waals surface area contributed by atoms with Gasteiger partial charge in [0.05, 0.1) is 24.8 Å². The van der Waals surface area contributed by atoms with E-state index in [0.29, 0.717) is 34.4 Å². The molecule has 0 unspecified atom stereocenters. The number of nitrogens with one attached hydrogen (secondary N) is 1. The molecular formula is C29H27N3O6. The summed E-state index contributed by atoms with van der Waals surface area (Å²) in [7, 11) is 1.47. The Kier molecular flexibility index (Phi) is 6.91. The number of urea groups is 1. The van der Waals surface area contributed by atoms with Crippen molar-refractivity contribution in [2.45, 2.75) is 38.6 Å². The average molecular weight is 514 g/mol. The monoisotopic (exact) mass is 513 g/mol. The number of carbonyl (C=O) groups is 5. The molecule has 5 rings (SSSR count). The predicted molar refractivity (Wildman–Crippen MR) is 138 cm³/mol. The number of nitrogens with zero attached hydrogens (tertiary/aromatic N) is 2. The third-order valence-corrected chi connectivity index (χ3v) is 7.05. The zero-order chi connectivity index (χ0) is 26.8. The number of hydrogen-bond acceptors (Lipinski definition) is 6. The van der Waals surface area contributed by atoms with Crippen molar-refractivity contribution in [2.75, 3.05) is 13.7 Å². The summed E-state index contributed by atoms with van der Waals surface area (Å²) in [5, 5.41) is 2.25. The summed E-state index contributed by atoms with van der Waals surface area (Å²) < 4.78 is 5.44. The second-order valence-electron chi connectivity index (χ2n) is 9.45. The molecule has 2 heterocycles. The van der Waals surface area contributed by atoms with Gasteiger partial charge in [0.1, 0.15) is 11.3 Å². The number of allylic oxidation sites excluding steroid dienone is 1. The van der Waals surface area contributed by atoms with Crippen molar-refractivity contribution in [2.24, 2.45) is 0 Å². The number of rotatable bonds is 7. The Morgan fingerprint density at radius 3 is 2.32 bits per heavy atom. The number of barbiturate groups is 1. The van der Waals surface area contributed by atoms with Gasteiger partial charge in [-0.3, -0.25) is 34.3 Å². The molecule has 194 valence electrons. The van der Waals surface area contributed by atoms with Crippen LogP contribution in [0, 0.1) is 0 Å². The zero-order valence-corrected chi connectivity index (χ0v) is 21.0. The van der Waals surface area contributed by atoms with Crippen molar-refractivity contribution in [1.82, 2.24) is 15.1 Å². The lowest BCUT2D eigenvalue weighted by atomic mass is 9.97. The van der Waals surface area contributed by atoms with Gasteiger partial charge in [0, 0.05) is 12.1 Å². The van der Waals surface area contributed by atoms with Crippen molar-refractivity contribution < 1.29 is 28.7 Å². The molecule has 0 spiro atoms. The van der Waals surface area contributed by atoms with Crippen LogP contribution in [-0.2, 0) is 16.1 Å². The number of methoxy groups -OCH3 is 1. The Balaban J connectivity index is 1.39. The van der Waals surface area contributed by atoms with Crippen LogP contribution in [0.3, 0.4) is 0 Å². The van der Waals surface area contributed by atoms with Crippen LogP contribution < -0.4 is 10.1 Å². The molecule has 1 N–H and O–H groups in total. The molecule has 2 aromatic carbocycles. The van der Waals surface area contributed by atoms with Crippen molar-refractivity contribution >= 4 is 35.7 Å². The molecule has 1 aliphatic carbocycles. The van der Waals surface area contributed by atoms with Gasteiger partial charge in [0.2, 0.25) is 0 Å². The van der Waals surface area contributed by atoms with Crippen molar-refractivity contribution in [3.05, 3.63) is 81.9 Å². The fraction of sp³-hybridized carbons (Fsp3) is 0.276. The maximum absolute atomic E-state index is 13.2. The van der Waals surface area contributed by atoms with Gasteiger partial charge in [-0.2, -0.15) is 0 Å². The van der Waals surface area contributed by atoms with E-state index in [9.17, 15) is 24.0 Å². The maximum atomic E-state index is 13.2. The summed E-state index contributed by atoms with van der Waals surface area (Å²) in [6, 6.07) is 10.9. The summed E-state index contributed by atoms with van der Waals surface area (Å²) in [4.78, 5) is 66.1. The van der Waals surface area contributed by atoms with Crippen LogP contribution in [0.4, 0.5) is 4.79 Å². The van der Waals surface area contributed by atoms with Gasteiger partial charge in [-0.15, -0.1) is 0 Å². The van der Waals surface area contributed by atoms with Crippen LogP contribution in [0.2, 0.25) is 0 Å². The van der Waals surface area contributed by atoms with Crippen molar-refractivity contribution in [3.8, 4) is 5.75 Å². The second kappa shape index (κ2) is 10.5. The number of ether oxygens (including phenoxy) is 1. The van der Waals surface area contributed by atoms with Crippen LogP contribution in [0.5, 0.6) is 5.75 Å². The number of hydrogen-bond donors (Lipinski definition) is 1. The fourth-order valence-corrected chi connectivity index (χ4v) is 5.02. The number of carbonyl (C=O) groups excluding carboxylic acids is 5. The Morgan fingerprint density at radius 2 is 1.66 bits per heavy atom. The Hall–Kier alpha value is -4.53. The first-order chi connectivity index (χ1) is 18.4.